The largest absolute Gasteiger partial charge is 0.477 e. The maximum atomic E-state index is 5.83. The summed E-state index contributed by atoms with van der Waals surface area (Å²) in [4.78, 5) is 8.30. The summed E-state index contributed by atoms with van der Waals surface area (Å²) >= 11 is 5.83. The van der Waals surface area contributed by atoms with Crippen molar-refractivity contribution in [3.63, 3.8) is 0 Å². The van der Waals surface area contributed by atoms with Gasteiger partial charge in [-0.1, -0.05) is 18.5 Å². The quantitative estimate of drug-likeness (QED) is 0.720. The van der Waals surface area contributed by atoms with E-state index in [9.17, 15) is 0 Å². The summed E-state index contributed by atoms with van der Waals surface area (Å²) in [6.07, 6.45) is 3.33. The maximum Gasteiger partial charge on any atom is 0.218 e. The van der Waals surface area contributed by atoms with Gasteiger partial charge in [-0.15, -0.1) is 0 Å². The second kappa shape index (κ2) is 4.13. The maximum absolute atomic E-state index is 5.83. The fourth-order valence-corrected chi connectivity index (χ4v) is 1.35. The molecule has 0 saturated heterocycles. The number of nitrogens with zero attached hydrogens (tertiary/aromatic N) is 2. The van der Waals surface area contributed by atoms with E-state index in [0.29, 0.717) is 11.0 Å². The summed E-state index contributed by atoms with van der Waals surface area (Å²) in [7, 11) is 0. The first-order valence-corrected chi connectivity index (χ1v) is 5.32. The van der Waals surface area contributed by atoms with E-state index in [1.165, 1.54) is 12.8 Å². The molecule has 0 aromatic carbocycles. The van der Waals surface area contributed by atoms with Gasteiger partial charge in [0.15, 0.2) is 0 Å². The van der Waals surface area contributed by atoms with Gasteiger partial charge < -0.3 is 4.74 Å². The molecule has 14 heavy (non-hydrogen) atoms. The Morgan fingerprint density at radius 1 is 1.50 bits per heavy atom. The van der Waals surface area contributed by atoms with Crippen molar-refractivity contribution in [1.29, 1.82) is 0 Å². The van der Waals surface area contributed by atoms with Crippen LogP contribution in [0.5, 0.6) is 5.88 Å². The van der Waals surface area contributed by atoms with Gasteiger partial charge >= 0.3 is 0 Å². The molecule has 0 aliphatic heterocycles. The van der Waals surface area contributed by atoms with Crippen molar-refractivity contribution in [1.82, 2.24) is 9.97 Å². The number of aryl methyl sites for hydroxylation is 1. The Morgan fingerprint density at radius 3 is 2.93 bits per heavy atom. The Bertz CT molecular complexity index is 326. The van der Waals surface area contributed by atoms with Crippen LogP contribution in [0.1, 0.15) is 25.6 Å². The van der Waals surface area contributed by atoms with E-state index >= 15 is 0 Å². The van der Waals surface area contributed by atoms with Gasteiger partial charge in [0.1, 0.15) is 11.0 Å². The van der Waals surface area contributed by atoms with Gasteiger partial charge in [-0.2, -0.15) is 4.98 Å². The summed E-state index contributed by atoms with van der Waals surface area (Å²) in [5, 5.41) is 0.461. The van der Waals surface area contributed by atoms with Gasteiger partial charge in [0, 0.05) is 12.5 Å². The van der Waals surface area contributed by atoms with Crippen LogP contribution < -0.4 is 4.74 Å². The van der Waals surface area contributed by atoms with E-state index in [1.54, 1.807) is 6.07 Å². The minimum atomic E-state index is 0.461. The minimum Gasteiger partial charge on any atom is -0.477 e. The molecule has 2 rings (SSSR count). The fraction of sp³-hybridized carbons (Fsp3) is 0.600. The van der Waals surface area contributed by atoms with Crippen LogP contribution in [0.2, 0.25) is 5.15 Å². The van der Waals surface area contributed by atoms with Crippen molar-refractivity contribution in [3.8, 4) is 5.88 Å². The number of hydrogen-bond acceptors (Lipinski definition) is 3. The fourth-order valence-electron chi connectivity index (χ4n) is 1.16. The van der Waals surface area contributed by atoms with Crippen LogP contribution in [0.3, 0.4) is 0 Å². The number of ether oxygens (including phenoxy) is 1. The molecule has 0 radical (unpaired) electrons. The summed E-state index contributed by atoms with van der Waals surface area (Å²) in [6.45, 7) is 2.76. The first-order valence-electron chi connectivity index (χ1n) is 4.94. The van der Waals surface area contributed by atoms with Crippen molar-refractivity contribution < 1.29 is 4.74 Å². The van der Waals surface area contributed by atoms with Crippen LogP contribution in [-0.2, 0) is 6.42 Å². The first kappa shape index (κ1) is 9.71. The molecule has 0 spiro atoms. The average Bonchev–Trinajstić information content (AvgIpc) is 2.97. The topological polar surface area (TPSA) is 35.0 Å². The van der Waals surface area contributed by atoms with Gasteiger partial charge in [0.05, 0.1) is 6.61 Å². The highest BCUT2D eigenvalue weighted by Gasteiger charge is 2.22. The van der Waals surface area contributed by atoms with Crippen LogP contribution >= 0.6 is 11.6 Å². The lowest BCUT2D eigenvalue weighted by molar-refractivity contribution is 0.287. The van der Waals surface area contributed by atoms with Crippen LogP contribution in [0.15, 0.2) is 6.07 Å². The molecule has 0 amide bonds. The lowest BCUT2D eigenvalue weighted by atomic mass is 10.4. The summed E-state index contributed by atoms with van der Waals surface area (Å²) in [6, 6.07) is 1.67. The van der Waals surface area contributed by atoms with E-state index in [4.69, 9.17) is 16.3 Å². The van der Waals surface area contributed by atoms with Gasteiger partial charge in [0.2, 0.25) is 5.88 Å². The molecule has 1 saturated carbocycles. The SMILES string of the molecule is CCc1nc(Cl)cc(OCC2CC2)n1. The number of aromatic nitrogens is 2. The lowest BCUT2D eigenvalue weighted by Crippen LogP contribution is -2.03. The van der Waals surface area contributed by atoms with Gasteiger partial charge in [-0.05, 0) is 18.8 Å². The van der Waals surface area contributed by atoms with E-state index in [0.717, 1.165) is 24.8 Å². The third kappa shape index (κ3) is 2.58. The van der Waals surface area contributed by atoms with Crippen molar-refractivity contribution >= 4 is 11.6 Å². The summed E-state index contributed by atoms with van der Waals surface area (Å²) < 4.78 is 5.52. The summed E-state index contributed by atoms with van der Waals surface area (Å²) in [5.74, 6) is 2.07. The monoisotopic (exact) mass is 212 g/mol. The van der Waals surface area contributed by atoms with Crippen LogP contribution in [0.25, 0.3) is 0 Å². The molecular formula is C10H13ClN2O. The predicted molar refractivity (Wildman–Crippen MR) is 54.6 cm³/mol. The molecule has 1 fully saturated rings. The van der Waals surface area contributed by atoms with Crippen molar-refractivity contribution in [2.24, 2.45) is 5.92 Å². The third-order valence-electron chi connectivity index (χ3n) is 2.20. The minimum absolute atomic E-state index is 0.461. The normalized spacial score (nSPS) is 15.6. The molecule has 0 unspecified atom stereocenters. The van der Waals surface area contributed by atoms with Gasteiger partial charge in [0.25, 0.3) is 0 Å². The highest BCUT2D eigenvalue weighted by atomic mass is 35.5. The second-order valence-electron chi connectivity index (χ2n) is 3.55. The van der Waals surface area contributed by atoms with E-state index in [1.807, 2.05) is 6.92 Å². The number of halogens is 1. The molecule has 1 heterocycles. The Labute approximate surface area is 88.5 Å². The molecule has 0 N–H and O–H groups in total. The Balaban J connectivity index is 2.03. The molecule has 1 aromatic heterocycles. The highest BCUT2D eigenvalue weighted by molar-refractivity contribution is 6.29. The van der Waals surface area contributed by atoms with Crippen LogP contribution in [0.4, 0.5) is 0 Å². The van der Waals surface area contributed by atoms with Gasteiger partial charge in [-0.25, -0.2) is 4.98 Å². The second-order valence-corrected chi connectivity index (χ2v) is 3.94. The molecule has 1 aliphatic carbocycles. The lowest BCUT2D eigenvalue weighted by Gasteiger charge is -2.05. The van der Waals surface area contributed by atoms with Gasteiger partial charge in [-0.3, -0.25) is 0 Å². The van der Waals surface area contributed by atoms with E-state index in [-0.39, 0.29) is 0 Å². The molecule has 1 aliphatic rings. The summed E-state index contributed by atoms with van der Waals surface area (Å²) in [5.41, 5.74) is 0. The van der Waals surface area contributed by atoms with Crippen molar-refractivity contribution in [2.45, 2.75) is 26.2 Å². The molecule has 0 atom stereocenters. The zero-order chi connectivity index (χ0) is 9.97. The Kier molecular flexibility index (Phi) is 2.87. The zero-order valence-electron chi connectivity index (χ0n) is 8.16. The molecule has 76 valence electrons. The Morgan fingerprint density at radius 2 is 2.29 bits per heavy atom. The zero-order valence-corrected chi connectivity index (χ0v) is 8.92. The first-order chi connectivity index (χ1) is 6.78. The average molecular weight is 213 g/mol. The number of rotatable bonds is 4. The number of hydrogen-bond donors (Lipinski definition) is 0. The van der Waals surface area contributed by atoms with Crippen molar-refractivity contribution in [3.05, 3.63) is 17.0 Å². The molecule has 4 heteroatoms. The molecular weight excluding hydrogens is 200 g/mol. The van der Waals surface area contributed by atoms with Crippen molar-refractivity contribution in [2.75, 3.05) is 6.61 Å². The molecule has 1 aromatic rings. The molecule has 0 bridgehead atoms. The highest BCUT2D eigenvalue weighted by Crippen LogP contribution is 2.29. The van der Waals surface area contributed by atoms with Crippen LogP contribution in [0, 0.1) is 5.92 Å². The third-order valence-corrected chi connectivity index (χ3v) is 2.39. The predicted octanol–water partition coefficient (Wildman–Crippen LogP) is 2.48. The Hall–Kier alpha value is -0.830. The van der Waals surface area contributed by atoms with E-state index in [2.05, 4.69) is 9.97 Å². The van der Waals surface area contributed by atoms with E-state index < -0.39 is 0 Å². The smallest absolute Gasteiger partial charge is 0.218 e. The molecule has 3 nitrogen and oxygen atoms in total. The standard InChI is InChI=1S/C10H13ClN2O/c1-2-9-12-8(11)5-10(13-9)14-6-7-3-4-7/h5,7H,2-4,6H2,1H3. The van der Waals surface area contributed by atoms with Crippen LogP contribution in [-0.4, -0.2) is 16.6 Å².